The molecule has 2 aliphatic heterocycles. The fourth-order valence-corrected chi connectivity index (χ4v) is 8.92. The Morgan fingerprint density at radius 3 is 2.79 bits per heavy atom. The number of hydrogen-bond acceptors (Lipinski definition) is 4. The molecule has 3 aliphatic rings. The molecule has 0 saturated carbocycles. The van der Waals surface area contributed by atoms with Crippen LogP contribution in [0.2, 0.25) is 3.46 Å². The number of aliphatic hydroxyl groups excluding tert-OH is 1. The van der Waals surface area contributed by atoms with Gasteiger partial charge in [-0.15, -0.1) is 0 Å². The first-order valence-corrected chi connectivity index (χ1v) is 9.90. The summed E-state index contributed by atoms with van der Waals surface area (Å²) in [6.07, 6.45) is 5.63. The number of aliphatic hydroxyl groups is 1. The minimum atomic E-state index is -3.52. The molecule has 104 valence electrons. The van der Waals surface area contributed by atoms with Crippen molar-refractivity contribution < 1.29 is 17.8 Å². The van der Waals surface area contributed by atoms with Crippen molar-refractivity contribution in [3.8, 4) is 0 Å². The van der Waals surface area contributed by atoms with Crippen molar-refractivity contribution in [2.45, 2.75) is 41.8 Å². The zero-order valence-corrected chi connectivity index (χ0v) is 13.0. The summed E-state index contributed by atoms with van der Waals surface area (Å²) in [6.45, 7) is 1.70. The molecule has 2 N–H and O–H groups in total. The normalized spacial score (nSPS) is 43.6. The Bertz CT molecular complexity index is 503. The molecule has 3 rings (SSSR count). The quantitative estimate of drug-likeness (QED) is 0.406. The Hall–Kier alpha value is -0.570. The molecule has 19 heavy (non-hydrogen) atoms. The van der Waals surface area contributed by atoms with Gasteiger partial charge in [0.25, 0.3) is 0 Å². The van der Waals surface area contributed by atoms with Gasteiger partial charge < -0.3 is 0 Å². The van der Waals surface area contributed by atoms with Crippen LogP contribution in [-0.4, -0.2) is 46.5 Å². The summed E-state index contributed by atoms with van der Waals surface area (Å²) in [4.78, 5) is 24.0. The van der Waals surface area contributed by atoms with Crippen LogP contribution >= 0.6 is 0 Å². The Labute approximate surface area is 118 Å². The molecule has 1 amide bonds. The molecule has 0 bridgehead atoms. The number of carbonyl (C=O) groups is 2. The third-order valence-corrected chi connectivity index (χ3v) is 10.4. The van der Waals surface area contributed by atoms with Crippen molar-refractivity contribution in [1.29, 1.82) is 0 Å². The van der Waals surface area contributed by atoms with Crippen LogP contribution in [-0.2, 0) is 12.7 Å². The third-order valence-electron chi connectivity index (χ3n) is 4.60. The zero-order valence-electron chi connectivity index (χ0n) is 10.7. The van der Waals surface area contributed by atoms with Crippen molar-refractivity contribution in [3.05, 3.63) is 12.2 Å². The monoisotopic (exact) mass is 381 g/mol. The van der Waals surface area contributed by atoms with Crippen LogP contribution in [0.25, 0.3) is 0 Å². The van der Waals surface area contributed by atoms with Crippen LogP contribution in [0.3, 0.4) is 0 Å². The van der Waals surface area contributed by atoms with Crippen LogP contribution in [0, 0.1) is 11.8 Å². The molecule has 0 aromatic rings. The van der Waals surface area contributed by atoms with E-state index in [2.05, 4.69) is 5.32 Å². The number of amides is 1. The van der Waals surface area contributed by atoms with Crippen LogP contribution in [0.15, 0.2) is 12.2 Å². The molecule has 2 fully saturated rings. The van der Waals surface area contributed by atoms with E-state index in [1.807, 2.05) is 12.2 Å². The Kier molecular flexibility index (Phi) is 3.16. The molecule has 0 spiro atoms. The second kappa shape index (κ2) is 4.47. The predicted octanol–water partition coefficient (Wildman–Crippen LogP) is 0.122. The number of hydrogen-bond donors (Lipinski definition) is 2. The van der Waals surface area contributed by atoms with Crippen LogP contribution < -0.4 is 5.32 Å². The first kappa shape index (κ1) is 13.4. The van der Waals surface area contributed by atoms with Crippen molar-refractivity contribution in [2.24, 2.45) is 11.8 Å². The number of nitrogens with one attached hydrogen (secondary N) is 1. The van der Waals surface area contributed by atoms with Crippen LogP contribution in [0.1, 0.15) is 26.2 Å². The van der Waals surface area contributed by atoms with Gasteiger partial charge in [0, 0.05) is 0 Å². The summed E-state index contributed by atoms with van der Waals surface area (Å²) in [5.74, 6) is -0.958. The number of β-lactam (4-membered cyclic amide) rings is 1. The number of carbonyl (C=O) groups excluding carboxylic acids is 2. The summed E-state index contributed by atoms with van der Waals surface area (Å²) >= 11 is -3.52. The van der Waals surface area contributed by atoms with Crippen molar-refractivity contribution in [1.82, 2.24) is 5.32 Å². The first-order valence-electron chi connectivity index (χ1n) is 6.62. The number of fused-ring (bicyclic) bond motifs is 1. The van der Waals surface area contributed by atoms with Crippen molar-refractivity contribution in [2.75, 3.05) is 0 Å². The molecule has 2 saturated heterocycles. The van der Waals surface area contributed by atoms with E-state index in [0.29, 0.717) is 0 Å². The van der Waals surface area contributed by atoms with Gasteiger partial charge in [-0.1, -0.05) is 0 Å². The van der Waals surface area contributed by atoms with E-state index in [9.17, 15) is 17.8 Å². The summed E-state index contributed by atoms with van der Waals surface area (Å²) in [5.41, 5.74) is 0. The van der Waals surface area contributed by atoms with E-state index < -0.39 is 41.1 Å². The molecule has 2 heterocycles. The fraction of sp³-hybridized carbons (Fsp3) is 0.692. The van der Waals surface area contributed by atoms with Crippen molar-refractivity contribution in [3.63, 3.8) is 0 Å². The molecule has 1 unspecified atom stereocenters. The van der Waals surface area contributed by atoms with E-state index in [-0.39, 0.29) is 15.7 Å². The van der Waals surface area contributed by atoms with E-state index in [0.717, 1.165) is 19.3 Å². The van der Waals surface area contributed by atoms with Gasteiger partial charge in [-0.2, -0.15) is 0 Å². The zero-order chi connectivity index (χ0) is 13.8. The number of rotatable bonds is 2. The molecule has 5 nitrogen and oxygen atoms in total. The Balaban J connectivity index is 1.98. The summed E-state index contributed by atoms with van der Waals surface area (Å²) < 4.78 is 10.9. The second-order valence-corrected chi connectivity index (χ2v) is 10.2. The second-order valence-electron chi connectivity index (χ2n) is 5.59. The molecule has 0 aromatic carbocycles. The van der Waals surface area contributed by atoms with Gasteiger partial charge >= 0.3 is 118 Å². The van der Waals surface area contributed by atoms with Crippen LogP contribution in [0.5, 0.6) is 0 Å². The van der Waals surface area contributed by atoms with E-state index >= 15 is 0 Å². The average Bonchev–Trinajstić information content (AvgIpc) is 2.57. The van der Waals surface area contributed by atoms with Crippen LogP contribution in [0.4, 0.5) is 0 Å². The predicted molar refractivity (Wildman–Crippen MR) is 67.7 cm³/mol. The molecule has 6 heteroatoms. The van der Waals surface area contributed by atoms with Gasteiger partial charge in [-0.3, -0.25) is 0 Å². The molecule has 0 aromatic heterocycles. The molecular formula is C13H17NO4Te. The van der Waals surface area contributed by atoms with Gasteiger partial charge in [0.05, 0.1) is 0 Å². The fourth-order valence-electron chi connectivity index (χ4n) is 3.44. The first-order chi connectivity index (χ1) is 9.01. The Morgan fingerprint density at radius 1 is 1.53 bits per heavy atom. The van der Waals surface area contributed by atoms with Gasteiger partial charge in [0.15, 0.2) is 0 Å². The molecule has 5 atom stereocenters. The topological polar surface area (TPSA) is 83.5 Å². The summed E-state index contributed by atoms with van der Waals surface area (Å²) in [7, 11) is 0. The van der Waals surface area contributed by atoms with E-state index in [1.54, 1.807) is 6.92 Å². The van der Waals surface area contributed by atoms with Gasteiger partial charge in [0.1, 0.15) is 0 Å². The molecule has 1 aliphatic carbocycles. The SMILES string of the molecule is CC1C(=O)[Te](=O)[C@@]2([C@@H](O)[C@@H]3C=CCCC3)C(=O)N[C@@H]12. The summed E-state index contributed by atoms with van der Waals surface area (Å²) in [6, 6.07) is -0.424. The third kappa shape index (κ3) is 1.57. The standard InChI is InChI=1S/C13H17NO4Te/c1-7-9-13(12(17)14-9,19(18)11(7)16)10(15)8-5-3-2-4-6-8/h3,5,7-10,15H,2,4,6H2,1H3,(H,14,17)/t7?,8-,9+,10+,13+/m1/s1. The van der Waals surface area contributed by atoms with Crippen molar-refractivity contribution >= 4 is 29.3 Å². The minimum absolute atomic E-state index is 0.155. The number of allylic oxidation sites excluding steroid dienone is 1. The molecule has 0 radical (unpaired) electrons. The Morgan fingerprint density at radius 2 is 2.26 bits per heavy atom. The molecular weight excluding hydrogens is 362 g/mol. The average molecular weight is 379 g/mol. The van der Waals surface area contributed by atoms with E-state index in [1.165, 1.54) is 0 Å². The van der Waals surface area contributed by atoms with Gasteiger partial charge in [0.2, 0.25) is 0 Å². The van der Waals surface area contributed by atoms with Gasteiger partial charge in [-0.05, 0) is 0 Å². The van der Waals surface area contributed by atoms with Gasteiger partial charge in [-0.25, -0.2) is 0 Å². The maximum atomic E-state index is 12.5. The maximum absolute atomic E-state index is 12.5. The summed E-state index contributed by atoms with van der Waals surface area (Å²) in [5, 5.41) is 13.3. The van der Waals surface area contributed by atoms with E-state index in [4.69, 9.17) is 0 Å².